The second kappa shape index (κ2) is 14.4. The highest BCUT2D eigenvalue weighted by molar-refractivity contribution is 7.92. The molecule has 0 aliphatic heterocycles. The predicted molar refractivity (Wildman–Crippen MR) is 215 cm³/mol. The van der Waals surface area contributed by atoms with E-state index in [9.17, 15) is 30.8 Å². The highest BCUT2D eigenvalue weighted by atomic mass is 35.5. The van der Waals surface area contributed by atoms with Crippen molar-refractivity contribution < 1.29 is 39.6 Å². The number of aromatic nitrogens is 9. The molecule has 63 heavy (non-hydrogen) atoms. The monoisotopic (exact) mass is 911 g/mol. The van der Waals surface area contributed by atoms with Crippen molar-refractivity contribution in [3.05, 3.63) is 110 Å². The minimum atomic E-state index is -3.92. The molecular weight excluding hydrogens is 880 g/mol. The zero-order valence-corrected chi connectivity index (χ0v) is 34.4. The first kappa shape index (κ1) is 40.8. The van der Waals surface area contributed by atoms with Crippen molar-refractivity contribution in [2.45, 2.75) is 62.6 Å². The molecule has 3 aliphatic carbocycles. The van der Waals surface area contributed by atoms with Crippen LogP contribution in [0.15, 0.2) is 59.5 Å². The minimum absolute atomic E-state index is 0.00578. The Hall–Kier alpha value is -6.29. The molecule has 0 bridgehead atoms. The number of rotatable bonds is 12. The Morgan fingerprint density at radius 2 is 1.78 bits per heavy atom. The molecule has 0 spiro atoms. The molecule has 3 aliphatic rings. The first-order chi connectivity index (χ1) is 29.9. The van der Waals surface area contributed by atoms with Crippen LogP contribution in [0, 0.1) is 17.6 Å². The summed E-state index contributed by atoms with van der Waals surface area (Å²) >= 11 is 6.64. The molecule has 10 rings (SSSR count). The van der Waals surface area contributed by atoms with Gasteiger partial charge in [-0.3, -0.25) is 32.9 Å². The van der Waals surface area contributed by atoms with Gasteiger partial charge in [-0.25, -0.2) is 35.9 Å². The van der Waals surface area contributed by atoms with Crippen LogP contribution in [0.5, 0.6) is 0 Å². The summed E-state index contributed by atoms with van der Waals surface area (Å²) < 4.78 is 121. The van der Waals surface area contributed by atoms with Crippen LogP contribution >= 0.6 is 11.6 Å². The molecule has 326 valence electrons. The fraction of sp³-hybridized carbons (Fsp3) is 0.325. The van der Waals surface area contributed by atoms with Gasteiger partial charge in [0.2, 0.25) is 15.9 Å². The Kier molecular flexibility index (Phi) is 9.30. The van der Waals surface area contributed by atoms with Crippen LogP contribution in [0.25, 0.3) is 39.0 Å². The van der Waals surface area contributed by atoms with E-state index in [2.05, 4.69) is 25.3 Å². The maximum absolute atomic E-state index is 15.5. The Morgan fingerprint density at radius 3 is 2.48 bits per heavy atom. The molecule has 15 nitrogen and oxygen atoms in total. The van der Waals surface area contributed by atoms with Gasteiger partial charge < -0.3 is 5.32 Å². The van der Waals surface area contributed by atoms with Crippen molar-refractivity contribution in [1.29, 1.82) is 0 Å². The molecular formula is C40H32ClF6N11O4S. The molecule has 0 saturated heterocycles. The van der Waals surface area contributed by atoms with Crippen LogP contribution in [-0.2, 0) is 40.8 Å². The van der Waals surface area contributed by atoms with Crippen LogP contribution in [0.4, 0.5) is 32.2 Å². The highest BCUT2D eigenvalue weighted by Gasteiger charge is 2.67. The van der Waals surface area contributed by atoms with Gasteiger partial charge >= 0.3 is 0 Å². The molecule has 5 heterocycles. The number of halogens is 7. The van der Waals surface area contributed by atoms with Crippen molar-refractivity contribution >= 4 is 55.3 Å². The molecule has 0 radical (unpaired) electrons. The van der Waals surface area contributed by atoms with Crippen LogP contribution in [0.3, 0.4) is 0 Å². The van der Waals surface area contributed by atoms with E-state index in [0.717, 1.165) is 35.8 Å². The van der Waals surface area contributed by atoms with Crippen LogP contribution in [0.1, 0.15) is 72.0 Å². The van der Waals surface area contributed by atoms with Crippen molar-refractivity contribution in [1.82, 2.24) is 49.2 Å². The number of pyridine rings is 1. The number of hydrogen-bond donors (Lipinski definition) is 2. The summed E-state index contributed by atoms with van der Waals surface area (Å²) in [4.78, 5) is 38.8. The van der Waals surface area contributed by atoms with Crippen LogP contribution < -0.4 is 15.6 Å². The van der Waals surface area contributed by atoms with Gasteiger partial charge in [-0.1, -0.05) is 11.6 Å². The predicted octanol–water partition coefficient (Wildman–Crippen LogP) is 6.61. The van der Waals surface area contributed by atoms with Gasteiger partial charge in [0.15, 0.2) is 11.5 Å². The van der Waals surface area contributed by atoms with E-state index in [-0.39, 0.29) is 67.9 Å². The van der Waals surface area contributed by atoms with Crippen molar-refractivity contribution in [3.8, 4) is 17.1 Å². The molecule has 5 aromatic heterocycles. The average Bonchev–Trinajstić information content (AvgIpc) is 4.06. The third-order valence-electron chi connectivity index (χ3n) is 11.5. The summed E-state index contributed by atoms with van der Waals surface area (Å²) in [7, 11) is -2.46. The summed E-state index contributed by atoms with van der Waals surface area (Å²) in [5, 5.41) is 15.2. The number of benzene rings is 2. The molecule has 7 aromatic rings. The lowest BCUT2D eigenvalue weighted by Crippen LogP contribution is -2.38. The van der Waals surface area contributed by atoms with E-state index in [4.69, 9.17) is 21.6 Å². The highest BCUT2D eigenvalue weighted by Crippen LogP contribution is 2.68. The van der Waals surface area contributed by atoms with Crippen molar-refractivity contribution in [3.63, 3.8) is 0 Å². The molecule has 2 aromatic carbocycles. The van der Waals surface area contributed by atoms with Gasteiger partial charge in [0.05, 0.1) is 56.7 Å². The number of carbonyl (C=O) groups excluding carboxylic acids is 1. The van der Waals surface area contributed by atoms with Gasteiger partial charge in [-0.15, -0.1) is 0 Å². The number of carbonyl (C=O) groups is 1. The lowest BCUT2D eigenvalue weighted by molar-refractivity contribution is -0.123. The van der Waals surface area contributed by atoms with Gasteiger partial charge in [-0.2, -0.15) is 24.1 Å². The summed E-state index contributed by atoms with van der Waals surface area (Å²) in [5.74, 6) is -9.09. The minimum Gasteiger partial charge on any atom is -0.344 e. The maximum Gasteiger partial charge on any atom is 0.293 e. The average molecular weight is 912 g/mol. The number of anilines is 1. The standard InChI is InChI=1S/C40H32ClF6N11O4S/c1-55-33-28(8-6-24(41)31(33)37(53-55)54-63(2,61)62)57-38(51-36-21(39(57)60)5-7-25(50-36)27-9-10-48-58(27)20-3-4-20)26(13-17-11-18(42)14-19(43)12-17)49-29(59)16-56-34-30(32(52-56)35(44)45)22-15-23(22)40(34,46)47/h5-12,14,20,22-23,26,35H,3-4,13,15-16H2,1-2H3,(H,49,59)(H,53,54)/t22-,23+,26-/m0/s1. The zero-order chi connectivity index (χ0) is 44.4. The second-order valence-corrected chi connectivity index (χ2v) is 18.1. The topological polar surface area (TPSA) is 177 Å². The SMILES string of the molecule is Cn1nc(NS(C)(=O)=O)c2c(Cl)ccc(-n3c([C@H](Cc4cc(F)cc(F)c4)NC(=O)Cn4nc(C(F)F)c5c4C(F)(F)[C@@H]4C[C@H]54)nc4nc(-c5ccnn5C5CC5)ccc4c3=O)c21. The molecule has 2 N–H and O–H groups in total. The first-order valence-electron chi connectivity index (χ1n) is 19.5. The fourth-order valence-corrected chi connectivity index (χ4v) is 9.47. The largest absolute Gasteiger partial charge is 0.344 e. The fourth-order valence-electron chi connectivity index (χ4n) is 8.73. The van der Waals surface area contributed by atoms with E-state index in [1.165, 1.54) is 29.9 Å². The Labute approximate surface area is 356 Å². The summed E-state index contributed by atoms with van der Waals surface area (Å²) in [6.45, 7) is -0.989. The van der Waals surface area contributed by atoms with Crippen molar-refractivity contribution in [2.75, 3.05) is 11.0 Å². The summed E-state index contributed by atoms with van der Waals surface area (Å²) in [5.41, 5.74) is -1.76. The molecule has 3 atom stereocenters. The van der Waals surface area contributed by atoms with Crippen LogP contribution in [0.2, 0.25) is 5.02 Å². The van der Waals surface area contributed by atoms with E-state index < -0.39 is 87.7 Å². The van der Waals surface area contributed by atoms with E-state index in [1.807, 2.05) is 0 Å². The summed E-state index contributed by atoms with van der Waals surface area (Å²) in [6.07, 6.45) is 0.603. The molecule has 23 heteroatoms. The van der Waals surface area contributed by atoms with Gasteiger partial charge in [0.25, 0.3) is 17.9 Å². The quantitative estimate of drug-likeness (QED) is 0.128. The number of alkyl halides is 4. The molecule has 2 fully saturated rings. The van der Waals surface area contributed by atoms with Crippen molar-refractivity contribution in [2.24, 2.45) is 13.0 Å². The van der Waals surface area contributed by atoms with Gasteiger partial charge in [0.1, 0.15) is 35.4 Å². The lowest BCUT2D eigenvalue weighted by atomic mass is 10.0. The molecule has 0 unspecified atom stereocenters. The van der Waals surface area contributed by atoms with Gasteiger partial charge in [-0.05, 0) is 73.2 Å². The van der Waals surface area contributed by atoms with E-state index in [0.29, 0.717) is 22.1 Å². The normalized spacial score (nSPS) is 18.3. The first-order valence-corrected chi connectivity index (χ1v) is 21.8. The molecule has 2 saturated carbocycles. The number of nitrogens with zero attached hydrogens (tertiary/aromatic N) is 9. The zero-order valence-electron chi connectivity index (χ0n) is 32.8. The smallest absolute Gasteiger partial charge is 0.293 e. The van der Waals surface area contributed by atoms with Gasteiger partial charge in [0, 0.05) is 37.2 Å². The Bertz CT molecular complexity index is 3240. The number of fused-ring (bicyclic) bond motifs is 5. The number of hydrogen-bond acceptors (Lipinski definition) is 9. The third kappa shape index (κ3) is 6.98. The lowest BCUT2D eigenvalue weighted by Gasteiger charge is -2.24. The Balaban J connectivity index is 1.18. The number of sulfonamides is 1. The Morgan fingerprint density at radius 1 is 1.03 bits per heavy atom. The van der Waals surface area contributed by atoms with Crippen LogP contribution in [-0.4, -0.2) is 64.5 Å². The second-order valence-electron chi connectivity index (χ2n) is 16.0. The third-order valence-corrected chi connectivity index (χ3v) is 12.4. The summed E-state index contributed by atoms with van der Waals surface area (Å²) in [6, 6.07) is 8.80. The number of amides is 1. The number of aryl methyl sites for hydroxylation is 1. The maximum atomic E-state index is 15.5. The van der Waals surface area contributed by atoms with E-state index >= 15 is 13.6 Å². The molecule has 1 amide bonds. The van der Waals surface area contributed by atoms with E-state index in [1.54, 1.807) is 23.0 Å². The number of nitrogens with one attached hydrogen (secondary N) is 2.